The quantitative estimate of drug-likeness (QED) is 0.147. The highest BCUT2D eigenvalue weighted by molar-refractivity contribution is 7.12. The van der Waals surface area contributed by atoms with Crippen LogP contribution in [0.1, 0.15) is 96.2 Å². The van der Waals surface area contributed by atoms with Crippen molar-refractivity contribution in [3.63, 3.8) is 0 Å². The minimum Gasteiger partial charge on any atom is -0.457 e. The van der Waals surface area contributed by atoms with Crippen LogP contribution in [-0.2, 0) is 41.5 Å². The summed E-state index contributed by atoms with van der Waals surface area (Å²) in [5.41, 5.74) is -4.39. The summed E-state index contributed by atoms with van der Waals surface area (Å²) in [4.78, 5) is 47.2. The summed E-state index contributed by atoms with van der Waals surface area (Å²) in [7, 11) is 0. The molecule has 0 amide bonds. The van der Waals surface area contributed by atoms with E-state index in [1.54, 1.807) is 31.3 Å². The van der Waals surface area contributed by atoms with Crippen molar-refractivity contribution in [1.29, 1.82) is 0 Å². The Balaban J connectivity index is 1.38. The van der Waals surface area contributed by atoms with Gasteiger partial charge in [-0.15, -0.1) is 11.3 Å². The fraction of sp³-hybridized carbons (Fsp3) is 0.676. The van der Waals surface area contributed by atoms with Gasteiger partial charge in [-0.1, -0.05) is 57.8 Å². The van der Waals surface area contributed by atoms with Crippen LogP contribution in [0.4, 0.5) is 4.39 Å². The van der Waals surface area contributed by atoms with E-state index in [9.17, 15) is 19.5 Å². The lowest BCUT2D eigenvalue weighted by Crippen LogP contribution is -2.70. The normalized spacial score (nSPS) is 36.6. The molecule has 4 aliphatic rings. The van der Waals surface area contributed by atoms with Gasteiger partial charge < -0.3 is 19.4 Å². The zero-order valence-corrected chi connectivity index (χ0v) is 29.4. The van der Waals surface area contributed by atoms with Gasteiger partial charge >= 0.3 is 11.9 Å². The first-order valence-corrected chi connectivity index (χ1v) is 18.1. The van der Waals surface area contributed by atoms with Crippen LogP contribution in [-0.4, -0.2) is 59.1 Å². The largest absolute Gasteiger partial charge is 0.457 e. The SMILES string of the molecule is CCCc1ccc(CCO/N=C2\C=C[C@@]3(C)C(=C2)CC[C@H]2[C@@H]4C[C@H](C)C(OC(=O)CC)(C(=O)COC(=O)CC)[C@@]4(C)C[C@H](O)[C@@]23F)s1. The lowest BCUT2D eigenvalue weighted by Gasteiger charge is -2.62. The summed E-state index contributed by atoms with van der Waals surface area (Å²) >= 11 is 1.80. The molecule has 0 radical (unpaired) electrons. The highest BCUT2D eigenvalue weighted by Gasteiger charge is 2.77. The van der Waals surface area contributed by atoms with E-state index < -0.39 is 64.4 Å². The summed E-state index contributed by atoms with van der Waals surface area (Å²) in [6, 6.07) is 4.31. The molecule has 3 fully saturated rings. The highest BCUT2D eigenvalue weighted by atomic mass is 32.1. The van der Waals surface area contributed by atoms with Gasteiger partial charge in [0.05, 0.1) is 6.10 Å². The van der Waals surface area contributed by atoms with Crippen molar-refractivity contribution in [2.45, 2.75) is 117 Å². The average molecular weight is 672 g/mol. The van der Waals surface area contributed by atoms with Crippen molar-refractivity contribution in [2.75, 3.05) is 13.2 Å². The van der Waals surface area contributed by atoms with Crippen molar-refractivity contribution < 1.29 is 38.2 Å². The number of carbonyl (C=O) groups is 3. The van der Waals surface area contributed by atoms with E-state index in [0.29, 0.717) is 31.6 Å². The Morgan fingerprint density at radius 1 is 1.06 bits per heavy atom. The third-order valence-corrected chi connectivity index (χ3v) is 12.9. The van der Waals surface area contributed by atoms with Gasteiger partial charge in [-0.2, -0.15) is 0 Å². The zero-order valence-electron chi connectivity index (χ0n) is 28.6. The predicted octanol–water partition coefficient (Wildman–Crippen LogP) is 6.88. The summed E-state index contributed by atoms with van der Waals surface area (Å²) < 4.78 is 29.3. The summed E-state index contributed by atoms with van der Waals surface area (Å²) in [6.07, 6.45) is 8.55. The van der Waals surface area contributed by atoms with Gasteiger partial charge in [0.15, 0.2) is 17.9 Å². The second-order valence-corrected chi connectivity index (χ2v) is 15.5. The molecule has 0 saturated heterocycles. The number of carbonyl (C=O) groups excluding carboxylic acids is 3. The van der Waals surface area contributed by atoms with Gasteiger partial charge in [0.2, 0.25) is 5.78 Å². The number of ketones is 1. The summed E-state index contributed by atoms with van der Waals surface area (Å²) in [6.45, 7) is 10.9. The number of hydrogen-bond acceptors (Lipinski definition) is 9. The number of oxime groups is 1. The Kier molecular flexibility index (Phi) is 10.2. The van der Waals surface area contributed by atoms with E-state index in [4.69, 9.17) is 14.3 Å². The van der Waals surface area contributed by atoms with Gasteiger partial charge in [0, 0.05) is 51.7 Å². The van der Waals surface area contributed by atoms with Crippen LogP contribution in [0, 0.1) is 28.6 Å². The molecule has 0 spiro atoms. The molecular formula is C37H50FNO7S. The van der Waals surface area contributed by atoms with Gasteiger partial charge in [-0.25, -0.2) is 4.39 Å². The number of aryl methyl sites for hydroxylation is 1. The van der Waals surface area contributed by atoms with Crippen LogP contribution >= 0.6 is 11.3 Å². The predicted molar refractivity (Wildman–Crippen MR) is 179 cm³/mol. The number of nitrogens with zero attached hydrogens (tertiary/aromatic N) is 1. The van der Waals surface area contributed by atoms with Gasteiger partial charge in [-0.3, -0.25) is 14.4 Å². The first-order valence-electron chi connectivity index (χ1n) is 17.3. The van der Waals surface area contributed by atoms with Crippen LogP contribution in [0.5, 0.6) is 0 Å². The number of fused-ring (bicyclic) bond motifs is 5. The number of Topliss-reactive ketones (excluding diaryl/α,β-unsaturated/α-hetero) is 1. The molecule has 1 N–H and O–H groups in total. The van der Waals surface area contributed by atoms with Gasteiger partial charge in [0.25, 0.3) is 0 Å². The molecule has 5 rings (SSSR count). The zero-order chi connectivity index (χ0) is 34.2. The smallest absolute Gasteiger partial charge is 0.306 e. The Morgan fingerprint density at radius 3 is 2.45 bits per heavy atom. The summed E-state index contributed by atoms with van der Waals surface area (Å²) in [5, 5.41) is 16.2. The minimum atomic E-state index is -2.03. The summed E-state index contributed by atoms with van der Waals surface area (Å²) in [5.74, 6) is -3.03. The number of hydrogen-bond donors (Lipinski definition) is 1. The third-order valence-electron chi connectivity index (χ3n) is 11.6. The van der Waals surface area contributed by atoms with Crippen molar-refractivity contribution in [1.82, 2.24) is 0 Å². The number of esters is 2. The van der Waals surface area contributed by atoms with Crippen LogP contribution in [0.15, 0.2) is 41.1 Å². The first-order chi connectivity index (χ1) is 22.3. The molecule has 10 heteroatoms. The molecule has 0 aliphatic heterocycles. The number of thiophene rings is 1. The van der Waals surface area contributed by atoms with Gasteiger partial charge in [0.1, 0.15) is 12.3 Å². The van der Waals surface area contributed by atoms with Crippen molar-refractivity contribution in [3.05, 3.63) is 45.7 Å². The maximum absolute atomic E-state index is 18.0. The minimum absolute atomic E-state index is 0.0504. The number of ether oxygens (including phenoxy) is 2. The Labute approximate surface area is 281 Å². The molecule has 4 aliphatic carbocycles. The number of aliphatic hydroxyl groups is 1. The van der Waals surface area contributed by atoms with Crippen molar-refractivity contribution in [3.8, 4) is 0 Å². The molecule has 47 heavy (non-hydrogen) atoms. The molecule has 1 heterocycles. The monoisotopic (exact) mass is 671 g/mol. The lowest BCUT2D eigenvalue weighted by atomic mass is 9.44. The van der Waals surface area contributed by atoms with E-state index in [1.807, 2.05) is 32.9 Å². The first kappa shape index (κ1) is 35.5. The molecule has 1 aromatic rings. The van der Waals surface area contributed by atoms with Crippen molar-refractivity contribution in [2.24, 2.45) is 33.7 Å². The molecule has 3 saturated carbocycles. The Bertz CT molecular complexity index is 1470. The molecule has 8 atom stereocenters. The molecular weight excluding hydrogens is 621 g/mol. The molecule has 0 aromatic carbocycles. The lowest BCUT2D eigenvalue weighted by molar-refractivity contribution is -0.228. The number of alkyl halides is 1. The van der Waals surface area contributed by atoms with E-state index in [1.165, 1.54) is 9.75 Å². The number of aliphatic hydroxyl groups excluding tert-OH is 1. The molecule has 258 valence electrons. The second-order valence-electron chi connectivity index (χ2n) is 14.2. The maximum atomic E-state index is 18.0. The molecule has 0 bridgehead atoms. The molecule has 1 unspecified atom stereocenters. The number of halogens is 1. The van der Waals surface area contributed by atoms with E-state index in [0.717, 1.165) is 24.8 Å². The fourth-order valence-electron chi connectivity index (χ4n) is 9.28. The van der Waals surface area contributed by atoms with E-state index in [-0.39, 0.29) is 25.2 Å². The number of rotatable bonds is 12. The van der Waals surface area contributed by atoms with E-state index >= 15 is 4.39 Å². The van der Waals surface area contributed by atoms with Crippen LogP contribution in [0.25, 0.3) is 0 Å². The standard InChI is InChI=1S/C37H50FNO7S/c1-7-10-26-12-13-27(47-26)16-18-45-39-25-15-17-34(5)24(20-25)11-14-28-29-19-23(4)37(46-33(43)9-3,31(41)22-44-32(42)8-2)35(29,6)21-30(40)36(28,34)38/h12-13,15,17,20,23,28-30,40H,7-11,14,16,18-19,21-22H2,1-6H3/b39-25+/t23-,28-,29-,30-,34-,35-,36-,37?/m0/s1. The van der Waals surface area contributed by atoms with E-state index in [2.05, 4.69) is 24.2 Å². The molecule has 1 aromatic heterocycles. The average Bonchev–Trinajstić information content (AvgIpc) is 3.58. The van der Waals surface area contributed by atoms with Crippen molar-refractivity contribution >= 4 is 34.8 Å². The highest BCUT2D eigenvalue weighted by Crippen LogP contribution is 2.71. The third kappa shape index (κ3) is 5.81. The Hall–Kier alpha value is -2.85. The van der Waals surface area contributed by atoms with Crippen LogP contribution in [0.2, 0.25) is 0 Å². The topological polar surface area (TPSA) is 111 Å². The number of allylic oxidation sites excluding steroid dienone is 4. The van der Waals surface area contributed by atoms with Crippen LogP contribution in [0.3, 0.4) is 0 Å². The van der Waals surface area contributed by atoms with Gasteiger partial charge in [-0.05, 0) is 69.2 Å². The second kappa shape index (κ2) is 13.6. The van der Waals surface area contributed by atoms with Crippen LogP contribution < -0.4 is 0 Å². The molecule has 8 nitrogen and oxygen atoms in total. The maximum Gasteiger partial charge on any atom is 0.306 e. The fourth-order valence-corrected chi connectivity index (χ4v) is 10.4. The Morgan fingerprint density at radius 2 is 1.77 bits per heavy atom.